The van der Waals surface area contributed by atoms with E-state index in [0.29, 0.717) is 23.7 Å². The predicted octanol–water partition coefficient (Wildman–Crippen LogP) is 10.8. The molecule has 6 rings (SSSR count). The second kappa shape index (κ2) is 19.7. The molecule has 0 aliphatic heterocycles. The van der Waals surface area contributed by atoms with Crippen LogP contribution in [0.3, 0.4) is 0 Å². The number of allylic oxidation sites excluding steroid dienone is 2. The lowest BCUT2D eigenvalue weighted by molar-refractivity contribution is 0.0543. The molecule has 7 heteroatoms. The number of carboxylic acids is 1. The normalized spacial score (nSPS) is 28.1. The SMILES string of the molecule is C=CC1CCC2CC(c3ccc(C(=O)O)c(F)c3)CCC2C1.C=CCO.C=CCOC(=O)c1ccc(C2CCC3CC(C=C)CCC3C2)cc1F. The standard InChI is InChI=1S/C22H27FO2.C19H23FO2.C3H6O/c1-3-11-25-22(24)20-10-9-19(14-21(20)23)18-8-7-16-12-15(4-2)5-6-17(16)13-18;1-2-12-3-4-14-10-15(6-5-13(14)9-12)16-7-8-17(19(21)22)18(20)11-16;1-2-3-4/h3-4,9-10,14-18H,1-2,5-8,11-13H2;2,7-8,11-15H,1,3-6,9-10H2,(H,21,22);2,4H,1,3H2. The molecule has 0 saturated heterocycles. The average Bonchev–Trinajstić information content (AvgIpc) is 3.16. The zero-order valence-corrected chi connectivity index (χ0v) is 30.0. The van der Waals surface area contributed by atoms with Crippen LogP contribution in [0.2, 0.25) is 0 Å². The molecule has 2 N–H and O–H groups in total. The third-order valence-electron chi connectivity index (χ3n) is 11.8. The number of fused-ring (bicyclic) bond motifs is 2. The molecule has 8 atom stereocenters. The van der Waals surface area contributed by atoms with Gasteiger partial charge in [0, 0.05) is 0 Å². The average molecular weight is 703 g/mol. The van der Waals surface area contributed by atoms with Crippen molar-refractivity contribution in [1.82, 2.24) is 0 Å². The Bertz CT molecular complexity index is 1520. The number of carbonyl (C=O) groups excluding carboxylic acids is 1. The number of aromatic carboxylic acids is 1. The van der Waals surface area contributed by atoms with E-state index in [1.807, 2.05) is 6.07 Å². The summed E-state index contributed by atoms with van der Waals surface area (Å²) in [6.07, 6.45) is 21.4. The number of carboxylic acid groups (broad SMARTS) is 1. The van der Waals surface area contributed by atoms with E-state index in [9.17, 15) is 18.4 Å². The van der Waals surface area contributed by atoms with Crippen LogP contribution in [0.25, 0.3) is 0 Å². The Balaban J connectivity index is 0.000000208. The summed E-state index contributed by atoms with van der Waals surface area (Å²) in [6.45, 7) is 14.8. The molecule has 4 saturated carbocycles. The number of benzene rings is 2. The fourth-order valence-corrected chi connectivity index (χ4v) is 9.01. The van der Waals surface area contributed by atoms with E-state index in [2.05, 4.69) is 38.5 Å². The minimum atomic E-state index is -1.20. The summed E-state index contributed by atoms with van der Waals surface area (Å²) in [5, 5.41) is 16.7. The first-order chi connectivity index (χ1) is 24.6. The van der Waals surface area contributed by atoms with E-state index in [1.165, 1.54) is 81.7 Å². The molecular weight excluding hydrogens is 646 g/mol. The lowest BCUT2D eigenvalue weighted by Gasteiger charge is -2.41. The largest absolute Gasteiger partial charge is 0.478 e. The molecule has 276 valence electrons. The molecule has 0 amide bonds. The van der Waals surface area contributed by atoms with Crippen molar-refractivity contribution in [3.63, 3.8) is 0 Å². The van der Waals surface area contributed by atoms with Crippen LogP contribution in [0.1, 0.15) is 121 Å². The fraction of sp³-hybridized carbons (Fsp3) is 0.500. The highest BCUT2D eigenvalue weighted by atomic mass is 19.1. The van der Waals surface area contributed by atoms with Gasteiger partial charge in [0.25, 0.3) is 0 Å². The molecule has 0 aromatic heterocycles. The zero-order chi connectivity index (χ0) is 36.9. The fourth-order valence-electron chi connectivity index (χ4n) is 9.01. The van der Waals surface area contributed by atoms with Crippen LogP contribution in [0, 0.1) is 47.1 Å². The van der Waals surface area contributed by atoms with Crippen molar-refractivity contribution < 1.29 is 33.3 Å². The molecule has 0 radical (unpaired) electrons. The summed E-state index contributed by atoms with van der Waals surface area (Å²) < 4.78 is 33.2. The van der Waals surface area contributed by atoms with E-state index in [-0.39, 0.29) is 24.3 Å². The summed E-state index contributed by atoms with van der Waals surface area (Å²) in [5.41, 5.74) is 1.75. The highest BCUT2D eigenvalue weighted by molar-refractivity contribution is 5.90. The van der Waals surface area contributed by atoms with Crippen LogP contribution in [0.5, 0.6) is 0 Å². The number of carbonyl (C=O) groups is 2. The lowest BCUT2D eigenvalue weighted by Crippen LogP contribution is -2.30. The van der Waals surface area contributed by atoms with Gasteiger partial charge in [0.2, 0.25) is 0 Å². The van der Waals surface area contributed by atoms with Gasteiger partial charge < -0.3 is 14.9 Å². The van der Waals surface area contributed by atoms with Gasteiger partial charge in [-0.05, 0) is 160 Å². The van der Waals surface area contributed by atoms with E-state index in [4.69, 9.17) is 14.9 Å². The summed E-state index contributed by atoms with van der Waals surface area (Å²) in [7, 11) is 0. The van der Waals surface area contributed by atoms with Crippen LogP contribution in [-0.4, -0.2) is 35.4 Å². The first-order valence-electron chi connectivity index (χ1n) is 18.7. The van der Waals surface area contributed by atoms with Gasteiger partial charge in [-0.25, -0.2) is 18.4 Å². The van der Waals surface area contributed by atoms with Crippen molar-refractivity contribution in [2.24, 2.45) is 35.5 Å². The van der Waals surface area contributed by atoms with E-state index in [0.717, 1.165) is 60.5 Å². The molecule has 2 aromatic rings. The second-order valence-corrected chi connectivity index (χ2v) is 14.8. The number of ether oxygens (including phenoxy) is 1. The van der Waals surface area contributed by atoms with Crippen LogP contribution in [0.4, 0.5) is 8.78 Å². The highest BCUT2D eigenvalue weighted by Gasteiger charge is 2.37. The molecule has 4 aliphatic carbocycles. The number of aliphatic hydroxyl groups is 1. The van der Waals surface area contributed by atoms with Crippen molar-refractivity contribution in [3.05, 3.63) is 121 Å². The maximum Gasteiger partial charge on any atom is 0.341 e. The first-order valence-corrected chi connectivity index (χ1v) is 18.7. The molecule has 8 unspecified atom stereocenters. The van der Waals surface area contributed by atoms with Crippen LogP contribution in [0.15, 0.2) is 87.0 Å². The summed E-state index contributed by atoms with van der Waals surface area (Å²) in [6, 6.07) is 9.64. The van der Waals surface area contributed by atoms with E-state index >= 15 is 0 Å². The van der Waals surface area contributed by atoms with Crippen molar-refractivity contribution >= 4 is 11.9 Å². The topological polar surface area (TPSA) is 83.8 Å². The Morgan fingerprint density at radius 3 is 1.49 bits per heavy atom. The minimum Gasteiger partial charge on any atom is -0.478 e. The molecule has 0 bridgehead atoms. The Morgan fingerprint density at radius 2 is 1.10 bits per heavy atom. The predicted molar refractivity (Wildman–Crippen MR) is 200 cm³/mol. The molecule has 2 aromatic carbocycles. The molecule has 4 fully saturated rings. The number of rotatable bonds is 9. The van der Waals surface area contributed by atoms with Gasteiger partial charge in [-0.15, -0.1) is 19.7 Å². The van der Waals surface area contributed by atoms with Gasteiger partial charge in [0.15, 0.2) is 0 Å². The van der Waals surface area contributed by atoms with E-state index < -0.39 is 23.6 Å². The molecule has 0 spiro atoms. The zero-order valence-electron chi connectivity index (χ0n) is 30.0. The second-order valence-electron chi connectivity index (χ2n) is 14.8. The summed E-state index contributed by atoms with van der Waals surface area (Å²) in [4.78, 5) is 22.7. The van der Waals surface area contributed by atoms with Gasteiger partial charge in [0.1, 0.15) is 18.2 Å². The Labute approximate surface area is 303 Å². The Kier molecular flexibility index (Phi) is 15.4. The Hall–Kier alpha value is -3.84. The van der Waals surface area contributed by atoms with Crippen molar-refractivity contribution in [1.29, 1.82) is 0 Å². The van der Waals surface area contributed by atoms with Crippen molar-refractivity contribution in [2.45, 2.75) is 88.9 Å². The number of hydrogen-bond acceptors (Lipinski definition) is 4. The van der Waals surface area contributed by atoms with Crippen LogP contribution >= 0.6 is 0 Å². The van der Waals surface area contributed by atoms with Crippen molar-refractivity contribution in [3.8, 4) is 0 Å². The van der Waals surface area contributed by atoms with Gasteiger partial charge in [-0.1, -0.05) is 43.0 Å². The van der Waals surface area contributed by atoms with Crippen molar-refractivity contribution in [2.75, 3.05) is 13.2 Å². The third kappa shape index (κ3) is 10.8. The summed E-state index contributed by atoms with van der Waals surface area (Å²) >= 11 is 0. The first kappa shape index (κ1) is 39.9. The smallest absolute Gasteiger partial charge is 0.341 e. The molecule has 4 aliphatic rings. The monoisotopic (exact) mass is 702 g/mol. The van der Waals surface area contributed by atoms with Gasteiger partial charge in [-0.2, -0.15) is 0 Å². The number of halogens is 2. The highest BCUT2D eigenvalue weighted by Crippen LogP contribution is 2.49. The Morgan fingerprint density at radius 1 is 0.667 bits per heavy atom. The summed E-state index contributed by atoms with van der Waals surface area (Å²) in [5.74, 6) is 2.27. The van der Waals surface area contributed by atoms with E-state index in [1.54, 1.807) is 12.1 Å². The number of hydrogen-bond donors (Lipinski definition) is 2. The molecule has 5 nitrogen and oxygen atoms in total. The number of aliphatic hydroxyl groups excluding tert-OH is 1. The quantitative estimate of drug-likeness (QED) is 0.201. The minimum absolute atomic E-state index is 0.00535. The third-order valence-corrected chi connectivity index (χ3v) is 11.8. The number of esters is 1. The molecular formula is C44H56F2O5. The molecule has 51 heavy (non-hydrogen) atoms. The maximum atomic E-state index is 14.4. The molecule has 0 heterocycles. The van der Waals surface area contributed by atoms with Gasteiger partial charge in [-0.3, -0.25) is 0 Å². The van der Waals surface area contributed by atoms with Crippen LogP contribution < -0.4 is 0 Å². The van der Waals surface area contributed by atoms with Gasteiger partial charge >= 0.3 is 11.9 Å². The van der Waals surface area contributed by atoms with Crippen LogP contribution in [-0.2, 0) is 4.74 Å². The maximum absolute atomic E-state index is 14.4. The lowest BCUT2D eigenvalue weighted by atomic mass is 9.64. The van der Waals surface area contributed by atoms with Gasteiger partial charge in [0.05, 0.1) is 17.7 Å².